The molecule has 5 nitrogen and oxygen atoms in total. The highest BCUT2D eigenvalue weighted by molar-refractivity contribution is 6.12. The van der Waals surface area contributed by atoms with Gasteiger partial charge in [0.25, 0.3) is 0 Å². The average molecular weight is 594 g/mol. The highest BCUT2D eigenvalue weighted by atomic mass is 15.0. The Morgan fingerprint density at radius 1 is 0.522 bits per heavy atom. The molecule has 5 heteroatoms. The van der Waals surface area contributed by atoms with Crippen LogP contribution in [0.1, 0.15) is 44.5 Å². The van der Waals surface area contributed by atoms with Crippen molar-refractivity contribution in [3.8, 4) is 22.3 Å². The van der Waals surface area contributed by atoms with Crippen LogP contribution < -0.4 is 11.5 Å². The molecule has 0 heterocycles. The Morgan fingerprint density at radius 3 is 1.63 bits per heavy atom. The number of hydrogen-bond donors (Lipinski definition) is 3. The van der Waals surface area contributed by atoms with Crippen molar-refractivity contribution in [1.82, 2.24) is 0 Å². The van der Waals surface area contributed by atoms with Crippen molar-refractivity contribution in [2.24, 2.45) is 21.5 Å². The first-order valence-electron chi connectivity index (χ1n) is 15.4. The Morgan fingerprint density at radius 2 is 1.02 bits per heavy atom. The van der Waals surface area contributed by atoms with Gasteiger partial charge in [0.15, 0.2) is 5.84 Å². The Kier molecular flexibility index (Phi) is 6.47. The zero-order valence-electron chi connectivity index (χ0n) is 25.1. The smallest absolute Gasteiger partial charge is 0.157 e. The molecule has 2 aliphatic carbocycles. The van der Waals surface area contributed by atoms with E-state index in [1.165, 1.54) is 33.4 Å². The zero-order valence-corrected chi connectivity index (χ0v) is 25.1. The van der Waals surface area contributed by atoms with E-state index in [4.69, 9.17) is 26.9 Å². The summed E-state index contributed by atoms with van der Waals surface area (Å²) in [6.07, 6.45) is 0. The molecule has 220 valence electrons. The number of aliphatic imine (C=N–C) groups is 2. The molecule has 0 amide bonds. The van der Waals surface area contributed by atoms with Crippen molar-refractivity contribution in [2.45, 2.75) is 12.0 Å². The van der Waals surface area contributed by atoms with Crippen molar-refractivity contribution in [3.63, 3.8) is 0 Å². The minimum absolute atomic E-state index is 0.0388. The van der Waals surface area contributed by atoms with Crippen LogP contribution in [0.15, 0.2) is 156 Å². The second-order valence-corrected chi connectivity index (χ2v) is 11.8. The first kappa shape index (κ1) is 27.5. The first-order chi connectivity index (χ1) is 22.6. The molecule has 1 spiro atoms. The Labute approximate surface area is 268 Å². The van der Waals surface area contributed by atoms with Crippen LogP contribution in [0.2, 0.25) is 0 Å². The summed E-state index contributed by atoms with van der Waals surface area (Å²) >= 11 is 0. The van der Waals surface area contributed by atoms with Gasteiger partial charge in [0.2, 0.25) is 0 Å². The summed E-state index contributed by atoms with van der Waals surface area (Å²) < 4.78 is 0. The summed E-state index contributed by atoms with van der Waals surface area (Å²) in [6, 6.07) is 50.0. The fourth-order valence-corrected chi connectivity index (χ4v) is 7.18. The lowest BCUT2D eigenvalue weighted by molar-refractivity contribution is 0.793. The van der Waals surface area contributed by atoms with E-state index in [-0.39, 0.29) is 5.84 Å². The van der Waals surface area contributed by atoms with Crippen molar-refractivity contribution < 1.29 is 0 Å². The van der Waals surface area contributed by atoms with E-state index in [9.17, 15) is 0 Å². The molecule has 0 unspecified atom stereocenters. The third kappa shape index (κ3) is 4.20. The number of nitrogens with one attached hydrogen (secondary N) is 1. The second kappa shape index (κ2) is 10.8. The van der Waals surface area contributed by atoms with Gasteiger partial charge in [0.1, 0.15) is 11.7 Å². The molecule has 0 saturated heterocycles. The third-order valence-electron chi connectivity index (χ3n) is 9.21. The maximum atomic E-state index is 8.21. The van der Waals surface area contributed by atoms with Gasteiger partial charge in [-0.25, -0.2) is 4.99 Å². The largest absolute Gasteiger partial charge is 0.384 e. The molecule has 6 aromatic rings. The molecular formula is C41H31N5. The number of hydrogen-bond acceptors (Lipinski definition) is 2. The van der Waals surface area contributed by atoms with Crippen molar-refractivity contribution in [2.75, 3.05) is 0 Å². The number of fused-ring (bicyclic) bond motifs is 10. The molecule has 6 aromatic carbocycles. The molecule has 2 aliphatic rings. The van der Waals surface area contributed by atoms with Gasteiger partial charge in [-0.1, -0.05) is 133 Å². The number of nitrogens with zero attached hydrogens (tertiary/aromatic N) is 2. The highest BCUT2D eigenvalue weighted by Crippen LogP contribution is 2.62. The van der Waals surface area contributed by atoms with E-state index < -0.39 is 5.41 Å². The number of benzene rings is 6. The van der Waals surface area contributed by atoms with Gasteiger partial charge < -0.3 is 11.5 Å². The molecule has 0 bridgehead atoms. The molecule has 0 aromatic heterocycles. The summed E-state index contributed by atoms with van der Waals surface area (Å²) in [5, 5.41) is 8.21. The van der Waals surface area contributed by atoms with Crippen LogP contribution in [0.4, 0.5) is 0 Å². The lowest BCUT2D eigenvalue weighted by Gasteiger charge is -2.30. The lowest BCUT2D eigenvalue weighted by atomic mass is 9.70. The van der Waals surface area contributed by atoms with Gasteiger partial charge in [-0.05, 0) is 62.2 Å². The topological polar surface area (TPSA) is 101 Å². The standard InChI is InChI=1S/C41H31N5/c42-38(43)28-19-21-36-32(23-28)33-24-29(39(44)46-40(27-13-5-2-6-14-27)45-25-26-11-3-1-4-12-26)20-22-37(33)41(36)34-17-9-7-15-30(34)31-16-8-10-18-35(31)41/h1-24H,25H2,(H3,42,43)(H2,44,45,46). The van der Waals surface area contributed by atoms with E-state index >= 15 is 0 Å². The molecule has 0 saturated carbocycles. The van der Waals surface area contributed by atoms with Crippen LogP contribution in [0.3, 0.4) is 0 Å². The normalized spacial score (nSPS) is 14.0. The predicted molar refractivity (Wildman–Crippen MR) is 188 cm³/mol. The van der Waals surface area contributed by atoms with Gasteiger partial charge in [-0.3, -0.25) is 10.4 Å². The molecule has 46 heavy (non-hydrogen) atoms. The zero-order chi connectivity index (χ0) is 31.3. The number of amidine groups is 3. The lowest BCUT2D eigenvalue weighted by Crippen LogP contribution is -2.26. The van der Waals surface area contributed by atoms with E-state index in [1.807, 2.05) is 60.7 Å². The highest BCUT2D eigenvalue weighted by Gasteiger charge is 2.51. The Balaban J connectivity index is 1.31. The molecule has 8 rings (SSSR count). The average Bonchev–Trinajstić information content (AvgIpc) is 3.57. The van der Waals surface area contributed by atoms with Gasteiger partial charge in [-0.2, -0.15) is 0 Å². The number of nitrogen functional groups attached to an aromatic ring is 1. The SMILES string of the molecule is N=C(N)c1ccc2c(c1)-c1cc(C(N)=NC(=NCc3ccccc3)c3ccccc3)ccc1C21c2ccccc2-c2ccccc21. The Hall–Kier alpha value is -6.07. The van der Waals surface area contributed by atoms with Crippen molar-refractivity contribution in [3.05, 3.63) is 190 Å². The predicted octanol–water partition coefficient (Wildman–Crippen LogP) is 7.67. The minimum Gasteiger partial charge on any atom is -0.384 e. The number of nitrogens with two attached hydrogens (primary N) is 2. The van der Waals surface area contributed by atoms with Crippen molar-refractivity contribution in [1.29, 1.82) is 5.41 Å². The van der Waals surface area contributed by atoms with Gasteiger partial charge >= 0.3 is 0 Å². The molecule has 0 radical (unpaired) electrons. The summed E-state index contributed by atoms with van der Waals surface area (Å²) in [4.78, 5) is 9.80. The van der Waals surface area contributed by atoms with Crippen LogP contribution >= 0.6 is 0 Å². The van der Waals surface area contributed by atoms with Crippen LogP contribution in [-0.2, 0) is 12.0 Å². The van der Waals surface area contributed by atoms with Crippen LogP contribution in [-0.4, -0.2) is 17.5 Å². The molecular weight excluding hydrogens is 562 g/mol. The quantitative estimate of drug-likeness (QED) is 0.141. The monoisotopic (exact) mass is 593 g/mol. The molecule has 0 aliphatic heterocycles. The van der Waals surface area contributed by atoms with E-state index in [0.717, 1.165) is 27.8 Å². The van der Waals surface area contributed by atoms with E-state index in [0.29, 0.717) is 23.8 Å². The summed E-state index contributed by atoms with van der Waals surface area (Å²) in [5.74, 6) is 1.00. The van der Waals surface area contributed by atoms with Gasteiger partial charge in [0.05, 0.1) is 12.0 Å². The Bertz CT molecular complexity index is 2170. The summed E-state index contributed by atoms with van der Waals surface area (Å²) in [7, 11) is 0. The molecule has 0 fully saturated rings. The summed E-state index contributed by atoms with van der Waals surface area (Å²) in [6.45, 7) is 0.495. The third-order valence-corrected chi connectivity index (χ3v) is 9.21. The fourth-order valence-electron chi connectivity index (χ4n) is 7.18. The van der Waals surface area contributed by atoms with Crippen LogP contribution in [0.25, 0.3) is 22.3 Å². The maximum Gasteiger partial charge on any atom is 0.157 e. The van der Waals surface area contributed by atoms with Crippen LogP contribution in [0, 0.1) is 5.41 Å². The van der Waals surface area contributed by atoms with Crippen molar-refractivity contribution >= 4 is 17.5 Å². The fraction of sp³-hybridized carbons (Fsp3) is 0.0488. The maximum absolute atomic E-state index is 8.21. The second-order valence-electron chi connectivity index (χ2n) is 11.8. The minimum atomic E-state index is -0.496. The van der Waals surface area contributed by atoms with Crippen LogP contribution in [0.5, 0.6) is 0 Å². The number of rotatable bonds is 5. The summed E-state index contributed by atoms with van der Waals surface area (Å²) in [5.41, 5.74) is 25.2. The van der Waals surface area contributed by atoms with Gasteiger partial charge in [0, 0.05) is 16.7 Å². The first-order valence-corrected chi connectivity index (χ1v) is 15.4. The van der Waals surface area contributed by atoms with E-state index in [1.54, 1.807) is 0 Å². The molecule has 0 atom stereocenters. The van der Waals surface area contributed by atoms with Gasteiger partial charge in [-0.15, -0.1) is 0 Å². The van der Waals surface area contributed by atoms with E-state index in [2.05, 4.69) is 84.9 Å². The molecule has 5 N–H and O–H groups in total.